The molecule has 0 unspecified atom stereocenters. The van der Waals surface area contributed by atoms with Gasteiger partial charge in [-0.3, -0.25) is 9.59 Å². The molecule has 0 saturated carbocycles. The van der Waals surface area contributed by atoms with E-state index in [1.54, 1.807) is 0 Å². The molecule has 0 bridgehead atoms. The highest BCUT2D eigenvalue weighted by atomic mass is 16.6. The molecule has 0 aromatic heterocycles. The Labute approximate surface area is 155 Å². The fourth-order valence-corrected chi connectivity index (χ4v) is 3.26. The Hall–Kier alpha value is -2.68. The fourth-order valence-electron chi connectivity index (χ4n) is 3.26. The SMILES string of the molecule is O=C(COc1ccc2ccccc2c1)N[C@@H]1CO[C@H]2[C@@H]1OC[C@H]2O.O=CO. The summed E-state index contributed by atoms with van der Waals surface area (Å²) >= 11 is 0. The fraction of sp³-hybridized carbons (Fsp3) is 0.368. The maximum Gasteiger partial charge on any atom is 0.290 e. The van der Waals surface area contributed by atoms with Gasteiger partial charge < -0.3 is 29.7 Å². The van der Waals surface area contributed by atoms with Crippen molar-refractivity contribution in [1.82, 2.24) is 5.32 Å². The van der Waals surface area contributed by atoms with Crippen LogP contribution in [0.2, 0.25) is 0 Å². The molecule has 2 aromatic rings. The maximum atomic E-state index is 12.1. The van der Waals surface area contributed by atoms with Gasteiger partial charge in [0.05, 0.1) is 19.3 Å². The lowest BCUT2D eigenvalue weighted by atomic mass is 10.1. The molecule has 2 saturated heterocycles. The third-order valence-electron chi connectivity index (χ3n) is 4.46. The van der Waals surface area contributed by atoms with Crippen LogP contribution < -0.4 is 10.1 Å². The van der Waals surface area contributed by atoms with Gasteiger partial charge in [-0.2, -0.15) is 0 Å². The quantitative estimate of drug-likeness (QED) is 0.669. The zero-order valence-corrected chi connectivity index (χ0v) is 14.5. The Morgan fingerprint density at radius 2 is 1.85 bits per heavy atom. The number of amides is 1. The largest absolute Gasteiger partial charge is 0.484 e. The molecule has 144 valence electrons. The van der Waals surface area contributed by atoms with Gasteiger partial charge in [-0.15, -0.1) is 0 Å². The van der Waals surface area contributed by atoms with E-state index in [1.165, 1.54) is 0 Å². The summed E-state index contributed by atoms with van der Waals surface area (Å²) in [6, 6.07) is 13.4. The number of hydrogen-bond donors (Lipinski definition) is 3. The molecule has 4 atom stereocenters. The minimum absolute atomic E-state index is 0.0746. The maximum absolute atomic E-state index is 12.1. The first-order chi connectivity index (χ1) is 13.1. The second-order valence-corrected chi connectivity index (χ2v) is 6.24. The van der Waals surface area contributed by atoms with Gasteiger partial charge in [0.15, 0.2) is 6.61 Å². The monoisotopic (exact) mass is 375 g/mol. The molecular formula is C19H21NO7. The molecule has 4 rings (SSSR count). The molecule has 0 aliphatic carbocycles. The second-order valence-electron chi connectivity index (χ2n) is 6.24. The lowest BCUT2D eigenvalue weighted by Crippen LogP contribution is -2.45. The van der Waals surface area contributed by atoms with Crippen LogP contribution in [0.25, 0.3) is 10.8 Å². The topological polar surface area (TPSA) is 114 Å². The zero-order chi connectivity index (χ0) is 19.2. The van der Waals surface area contributed by atoms with Crippen molar-refractivity contribution in [2.75, 3.05) is 19.8 Å². The van der Waals surface area contributed by atoms with E-state index in [2.05, 4.69) is 5.32 Å². The van der Waals surface area contributed by atoms with Crippen LogP contribution in [0.15, 0.2) is 42.5 Å². The van der Waals surface area contributed by atoms with Crippen molar-refractivity contribution in [3.63, 3.8) is 0 Å². The van der Waals surface area contributed by atoms with Crippen molar-refractivity contribution in [3.8, 4) is 5.75 Å². The highest BCUT2D eigenvalue weighted by Crippen LogP contribution is 2.27. The highest BCUT2D eigenvalue weighted by Gasteiger charge is 2.47. The normalized spacial score (nSPS) is 26.0. The summed E-state index contributed by atoms with van der Waals surface area (Å²) in [4.78, 5) is 20.5. The average Bonchev–Trinajstić information content (AvgIpc) is 3.24. The van der Waals surface area contributed by atoms with Crippen molar-refractivity contribution in [2.24, 2.45) is 0 Å². The first-order valence-electron chi connectivity index (χ1n) is 8.52. The lowest BCUT2D eigenvalue weighted by Gasteiger charge is -2.17. The van der Waals surface area contributed by atoms with Gasteiger partial charge in [0.1, 0.15) is 24.1 Å². The molecule has 8 heteroatoms. The smallest absolute Gasteiger partial charge is 0.290 e. The zero-order valence-electron chi connectivity index (χ0n) is 14.5. The number of nitrogens with one attached hydrogen (secondary N) is 1. The Balaban J connectivity index is 0.000000659. The Morgan fingerprint density at radius 3 is 2.63 bits per heavy atom. The number of benzene rings is 2. The van der Waals surface area contributed by atoms with Gasteiger partial charge >= 0.3 is 0 Å². The number of ether oxygens (including phenoxy) is 3. The summed E-state index contributed by atoms with van der Waals surface area (Å²) in [5.41, 5.74) is 0. The van der Waals surface area contributed by atoms with Crippen LogP contribution in [0.4, 0.5) is 0 Å². The number of aliphatic hydroxyl groups is 1. The van der Waals surface area contributed by atoms with Crippen LogP contribution in [0, 0.1) is 0 Å². The van der Waals surface area contributed by atoms with Gasteiger partial charge in [-0.25, -0.2) is 0 Å². The first kappa shape index (κ1) is 19.1. The molecule has 0 radical (unpaired) electrons. The van der Waals surface area contributed by atoms with Crippen LogP contribution in [-0.4, -0.2) is 66.8 Å². The predicted molar refractivity (Wildman–Crippen MR) is 95.6 cm³/mol. The molecule has 2 aliphatic heterocycles. The second kappa shape index (κ2) is 8.81. The van der Waals surface area contributed by atoms with E-state index in [-0.39, 0.29) is 43.8 Å². The summed E-state index contributed by atoms with van der Waals surface area (Å²) in [7, 11) is 0. The molecule has 27 heavy (non-hydrogen) atoms. The molecule has 2 aliphatic rings. The number of fused-ring (bicyclic) bond motifs is 2. The van der Waals surface area contributed by atoms with Crippen LogP contribution in [0.1, 0.15) is 0 Å². The van der Waals surface area contributed by atoms with Gasteiger partial charge in [0.25, 0.3) is 12.4 Å². The molecule has 8 nitrogen and oxygen atoms in total. The van der Waals surface area contributed by atoms with E-state index in [0.717, 1.165) is 10.8 Å². The molecule has 2 aromatic carbocycles. The standard InChI is InChI=1S/C18H19NO5.CH2O2/c20-15-9-24-17-14(8-23-18(15)17)19-16(21)10-22-13-6-5-11-3-1-2-4-12(11)7-13;2-1-3/h1-7,14-15,17-18,20H,8-10H2,(H,19,21);1H,(H,2,3)/t14-,15-,17-,18-;/m1./s1. The molecule has 1 amide bonds. The Morgan fingerprint density at radius 1 is 1.15 bits per heavy atom. The van der Waals surface area contributed by atoms with Crippen molar-refractivity contribution >= 4 is 23.2 Å². The van der Waals surface area contributed by atoms with E-state index in [0.29, 0.717) is 12.4 Å². The van der Waals surface area contributed by atoms with Gasteiger partial charge in [0.2, 0.25) is 0 Å². The Bertz CT molecular complexity index is 796. The summed E-state index contributed by atoms with van der Waals surface area (Å²) < 4.78 is 16.5. The lowest BCUT2D eigenvalue weighted by molar-refractivity contribution is -0.124. The van der Waals surface area contributed by atoms with E-state index in [4.69, 9.17) is 24.1 Å². The number of rotatable bonds is 4. The van der Waals surface area contributed by atoms with Crippen LogP contribution in [0.3, 0.4) is 0 Å². The third kappa shape index (κ3) is 4.54. The summed E-state index contributed by atoms with van der Waals surface area (Å²) in [6.45, 7) is 0.262. The van der Waals surface area contributed by atoms with Gasteiger partial charge in [0, 0.05) is 0 Å². The molecule has 2 heterocycles. The van der Waals surface area contributed by atoms with Crippen molar-refractivity contribution in [2.45, 2.75) is 24.4 Å². The third-order valence-corrected chi connectivity index (χ3v) is 4.46. The number of carbonyl (C=O) groups excluding carboxylic acids is 1. The van der Waals surface area contributed by atoms with Crippen LogP contribution in [0.5, 0.6) is 5.75 Å². The molecule has 0 spiro atoms. The first-order valence-corrected chi connectivity index (χ1v) is 8.52. The van der Waals surface area contributed by atoms with Crippen molar-refractivity contribution in [1.29, 1.82) is 0 Å². The predicted octanol–water partition coefficient (Wildman–Crippen LogP) is 0.563. The van der Waals surface area contributed by atoms with Crippen LogP contribution in [-0.2, 0) is 19.1 Å². The number of carboxylic acid groups (broad SMARTS) is 1. The van der Waals surface area contributed by atoms with Crippen molar-refractivity contribution < 1.29 is 34.0 Å². The molecular weight excluding hydrogens is 354 g/mol. The molecule has 3 N–H and O–H groups in total. The number of aliphatic hydroxyl groups excluding tert-OH is 1. The summed E-state index contributed by atoms with van der Waals surface area (Å²) in [6.07, 6.45) is -1.26. The molecule has 2 fully saturated rings. The summed E-state index contributed by atoms with van der Waals surface area (Å²) in [5.74, 6) is 0.416. The van der Waals surface area contributed by atoms with Crippen LogP contribution >= 0.6 is 0 Å². The number of hydrogen-bond acceptors (Lipinski definition) is 6. The average molecular weight is 375 g/mol. The van der Waals surface area contributed by atoms with Gasteiger partial charge in [-0.05, 0) is 22.9 Å². The minimum atomic E-state index is -0.620. The highest BCUT2D eigenvalue weighted by molar-refractivity contribution is 5.84. The summed E-state index contributed by atoms with van der Waals surface area (Å²) in [5, 5.41) is 21.6. The van der Waals surface area contributed by atoms with E-state index in [9.17, 15) is 9.90 Å². The van der Waals surface area contributed by atoms with E-state index in [1.807, 2.05) is 42.5 Å². The van der Waals surface area contributed by atoms with Gasteiger partial charge in [-0.1, -0.05) is 30.3 Å². The van der Waals surface area contributed by atoms with E-state index < -0.39 is 6.10 Å². The van der Waals surface area contributed by atoms with E-state index >= 15 is 0 Å². The Kier molecular flexibility index (Phi) is 6.23. The minimum Gasteiger partial charge on any atom is -0.484 e. The van der Waals surface area contributed by atoms with Crippen molar-refractivity contribution in [3.05, 3.63) is 42.5 Å². The number of carbonyl (C=O) groups is 2.